The van der Waals surface area contributed by atoms with Gasteiger partial charge in [-0.05, 0) is 12.8 Å². The molecule has 1 rings (SSSR count). The fraction of sp³-hybridized carbons (Fsp3) is 0.846. The van der Waals surface area contributed by atoms with E-state index in [1.807, 2.05) is 0 Å². The van der Waals surface area contributed by atoms with Crippen LogP contribution in [0, 0.1) is 0 Å². The van der Waals surface area contributed by atoms with Crippen molar-refractivity contribution in [3.8, 4) is 0 Å². The molecule has 0 saturated heterocycles. The van der Waals surface area contributed by atoms with Gasteiger partial charge in [0.15, 0.2) is 6.61 Å². The van der Waals surface area contributed by atoms with Gasteiger partial charge in [-0.25, -0.2) is 8.78 Å². The van der Waals surface area contributed by atoms with Gasteiger partial charge in [0.1, 0.15) is 0 Å². The highest BCUT2D eigenvalue weighted by Gasteiger charge is 2.42. The van der Waals surface area contributed by atoms with E-state index in [4.69, 9.17) is 0 Å². The molecule has 1 aliphatic carbocycles. The Balaban J connectivity index is 2.18. The molecule has 0 unspecified atom stereocenters. The minimum Gasteiger partial charge on any atom is -0.459 e. The normalized spacial score (nSPS) is 16.8. The first-order valence-corrected chi connectivity index (χ1v) is 6.92. The fourth-order valence-electron chi connectivity index (χ4n) is 2.07. The number of carbonyl (C=O) groups is 2. The third-order valence-corrected chi connectivity index (χ3v) is 3.27. The summed E-state index contributed by atoms with van der Waals surface area (Å²) in [5.74, 6) is -5.81. The Morgan fingerprint density at radius 1 is 1.14 bits per heavy atom. The maximum atomic E-state index is 12.5. The largest absolute Gasteiger partial charge is 0.459 e. The average molecular weight is 313 g/mol. The number of esters is 1. The summed E-state index contributed by atoms with van der Waals surface area (Å²) in [7, 11) is 0. The van der Waals surface area contributed by atoms with Crippen molar-refractivity contribution in [2.24, 2.45) is 0 Å². The zero-order valence-corrected chi connectivity index (χ0v) is 11.5. The van der Waals surface area contributed by atoms with Crippen LogP contribution in [0.5, 0.6) is 0 Å². The smallest absolute Gasteiger partial charge is 0.340 e. The van der Waals surface area contributed by atoms with Gasteiger partial charge in [0.2, 0.25) is 5.91 Å². The van der Waals surface area contributed by atoms with Crippen LogP contribution in [-0.2, 0) is 14.3 Å². The highest BCUT2D eigenvalue weighted by atomic mass is 19.3. The van der Waals surface area contributed by atoms with E-state index in [1.54, 1.807) is 0 Å². The number of ether oxygens (including phenoxy) is 1. The highest BCUT2D eigenvalue weighted by Crippen LogP contribution is 2.23. The van der Waals surface area contributed by atoms with E-state index in [2.05, 4.69) is 10.1 Å². The van der Waals surface area contributed by atoms with Crippen molar-refractivity contribution in [3.05, 3.63) is 0 Å². The SMILES string of the molecule is O=C(CCC(=O)OCC(F)(F)C(F)F)NC1CCCCC1. The Morgan fingerprint density at radius 2 is 1.76 bits per heavy atom. The summed E-state index contributed by atoms with van der Waals surface area (Å²) < 4.78 is 52.7. The van der Waals surface area contributed by atoms with Crippen molar-refractivity contribution >= 4 is 11.9 Å². The Hall–Kier alpha value is -1.34. The first kappa shape index (κ1) is 17.7. The van der Waals surface area contributed by atoms with Crippen molar-refractivity contribution in [1.82, 2.24) is 5.32 Å². The van der Waals surface area contributed by atoms with Crippen LogP contribution in [0.4, 0.5) is 17.6 Å². The maximum Gasteiger partial charge on any atom is 0.340 e. The topological polar surface area (TPSA) is 55.4 Å². The second-order valence-corrected chi connectivity index (χ2v) is 5.12. The molecule has 122 valence electrons. The van der Waals surface area contributed by atoms with Gasteiger partial charge in [-0.15, -0.1) is 0 Å². The van der Waals surface area contributed by atoms with E-state index in [0.717, 1.165) is 32.1 Å². The number of alkyl halides is 4. The molecule has 0 spiro atoms. The summed E-state index contributed by atoms with van der Waals surface area (Å²) >= 11 is 0. The van der Waals surface area contributed by atoms with Gasteiger partial charge >= 0.3 is 18.3 Å². The van der Waals surface area contributed by atoms with Gasteiger partial charge in [-0.3, -0.25) is 9.59 Å². The summed E-state index contributed by atoms with van der Waals surface area (Å²) in [6.45, 7) is -1.67. The van der Waals surface area contributed by atoms with Crippen molar-refractivity contribution in [1.29, 1.82) is 0 Å². The van der Waals surface area contributed by atoms with E-state index < -0.39 is 31.3 Å². The predicted molar refractivity (Wildman–Crippen MR) is 66.2 cm³/mol. The molecule has 0 aromatic carbocycles. The maximum absolute atomic E-state index is 12.5. The minimum absolute atomic E-state index is 0.0884. The number of hydrogen-bond acceptors (Lipinski definition) is 3. The number of carbonyl (C=O) groups excluding carboxylic acids is 2. The number of hydrogen-bond donors (Lipinski definition) is 1. The van der Waals surface area contributed by atoms with Crippen LogP contribution < -0.4 is 5.32 Å². The van der Waals surface area contributed by atoms with Gasteiger partial charge < -0.3 is 10.1 Å². The van der Waals surface area contributed by atoms with Crippen LogP contribution in [0.2, 0.25) is 0 Å². The molecule has 0 bridgehead atoms. The van der Waals surface area contributed by atoms with Crippen molar-refractivity contribution in [3.63, 3.8) is 0 Å². The molecule has 8 heteroatoms. The number of amides is 1. The molecule has 0 aromatic heterocycles. The van der Waals surface area contributed by atoms with Crippen LogP contribution in [0.3, 0.4) is 0 Å². The molecule has 1 saturated carbocycles. The Morgan fingerprint density at radius 3 is 2.33 bits per heavy atom. The lowest BCUT2D eigenvalue weighted by atomic mass is 9.95. The van der Waals surface area contributed by atoms with Crippen LogP contribution in [0.15, 0.2) is 0 Å². The second kappa shape index (κ2) is 8.19. The molecule has 1 amide bonds. The summed E-state index contributed by atoms with van der Waals surface area (Å²) in [5, 5.41) is 2.75. The number of halogens is 4. The van der Waals surface area contributed by atoms with Gasteiger partial charge in [-0.2, -0.15) is 8.78 Å². The number of rotatable bonds is 7. The third-order valence-electron chi connectivity index (χ3n) is 3.27. The third kappa shape index (κ3) is 6.77. The molecule has 0 atom stereocenters. The van der Waals surface area contributed by atoms with Crippen molar-refractivity contribution in [2.75, 3.05) is 6.61 Å². The zero-order chi connectivity index (χ0) is 15.9. The molecule has 4 nitrogen and oxygen atoms in total. The van der Waals surface area contributed by atoms with Crippen LogP contribution in [0.25, 0.3) is 0 Å². The Labute approximate surface area is 120 Å². The van der Waals surface area contributed by atoms with E-state index >= 15 is 0 Å². The van der Waals surface area contributed by atoms with Crippen LogP contribution >= 0.6 is 0 Å². The van der Waals surface area contributed by atoms with Crippen molar-refractivity contribution < 1.29 is 31.9 Å². The quantitative estimate of drug-likeness (QED) is 0.581. The van der Waals surface area contributed by atoms with E-state index in [1.165, 1.54) is 0 Å². The average Bonchev–Trinajstić information content (AvgIpc) is 2.44. The lowest BCUT2D eigenvalue weighted by molar-refractivity contribution is -0.179. The predicted octanol–water partition coefficient (Wildman–Crippen LogP) is 2.66. The summed E-state index contributed by atoms with van der Waals surface area (Å²) in [5.41, 5.74) is 0. The molecule has 0 aromatic rings. The van der Waals surface area contributed by atoms with Crippen molar-refractivity contribution in [2.45, 2.75) is 63.3 Å². The zero-order valence-electron chi connectivity index (χ0n) is 11.5. The summed E-state index contributed by atoms with van der Waals surface area (Å²) in [6, 6.07) is 0.0884. The molecule has 1 aliphatic rings. The monoisotopic (exact) mass is 313 g/mol. The van der Waals surface area contributed by atoms with E-state index in [-0.39, 0.29) is 18.4 Å². The molecular formula is C13H19F4NO3. The summed E-state index contributed by atoms with van der Waals surface area (Å²) in [4.78, 5) is 22.7. The second-order valence-electron chi connectivity index (χ2n) is 5.12. The van der Waals surface area contributed by atoms with Gasteiger partial charge in [0.05, 0.1) is 6.42 Å². The molecule has 21 heavy (non-hydrogen) atoms. The lowest BCUT2D eigenvalue weighted by Gasteiger charge is -2.22. The van der Waals surface area contributed by atoms with E-state index in [9.17, 15) is 27.2 Å². The fourth-order valence-corrected chi connectivity index (χ4v) is 2.07. The molecule has 0 heterocycles. The van der Waals surface area contributed by atoms with Crippen LogP contribution in [0.1, 0.15) is 44.9 Å². The molecule has 0 radical (unpaired) electrons. The van der Waals surface area contributed by atoms with Gasteiger partial charge in [-0.1, -0.05) is 19.3 Å². The van der Waals surface area contributed by atoms with Crippen LogP contribution in [-0.4, -0.2) is 36.9 Å². The van der Waals surface area contributed by atoms with Gasteiger partial charge in [0.25, 0.3) is 0 Å². The number of nitrogens with one attached hydrogen (secondary N) is 1. The molecule has 0 aliphatic heterocycles. The van der Waals surface area contributed by atoms with Gasteiger partial charge in [0, 0.05) is 12.5 Å². The summed E-state index contributed by atoms with van der Waals surface area (Å²) in [6.07, 6.45) is 0.489. The molecular weight excluding hydrogens is 294 g/mol. The Bertz CT molecular complexity index is 357. The lowest BCUT2D eigenvalue weighted by Crippen LogP contribution is -2.36. The highest BCUT2D eigenvalue weighted by molar-refractivity contribution is 5.81. The standard InChI is InChI=1S/C13H19F4NO3/c14-12(15)13(16,17)8-21-11(20)7-6-10(19)18-9-4-2-1-3-5-9/h9,12H,1-8H2,(H,18,19). The first-order chi connectivity index (χ1) is 9.81. The minimum atomic E-state index is -4.36. The molecule has 1 fully saturated rings. The Kier molecular flexibility index (Phi) is 6.91. The first-order valence-electron chi connectivity index (χ1n) is 6.92. The van der Waals surface area contributed by atoms with E-state index in [0.29, 0.717) is 0 Å². The molecule has 1 N–H and O–H groups in total.